The van der Waals surface area contributed by atoms with Crippen molar-refractivity contribution in [3.63, 3.8) is 0 Å². The van der Waals surface area contributed by atoms with E-state index in [9.17, 15) is 9.59 Å². The van der Waals surface area contributed by atoms with Gasteiger partial charge in [-0.1, -0.05) is 208 Å². The van der Waals surface area contributed by atoms with E-state index in [4.69, 9.17) is 14.2 Å². The Morgan fingerprint density at radius 1 is 0.414 bits per heavy atom. The molecule has 0 amide bonds. The van der Waals surface area contributed by atoms with E-state index in [0.29, 0.717) is 13.0 Å². The number of hydrogen-bond acceptors (Lipinski definition) is 5. The maximum atomic E-state index is 12.7. The summed E-state index contributed by atoms with van der Waals surface area (Å²) in [5.74, 6) is -0.558. The molecule has 0 aromatic carbocycles. The molecule has 330 valence electrons. The fraction of sp³-hybridized carbons (Fsp3) is 0.660. The third kappa shape index (κ3) is 45.5. The lowest BCUT2D eigenvalue weighted by Gasteiger charge is -2.18. The lowest BCUT2D eigenvalue weighted by atomic mass is 10.1. The van der Waals surface area contributed by atoms with Gasteiger partial charge in [0.15, 0.2) is 6.10 Å². The minimum Gasteiger partial charge on any atom is -0.462 e. The van der Waals surface area contributed by atoms with Crippen molar-refractivity contribution in [1.29, 1.82) is 0 Å². The van der Waals surface area contributed by atoms with E-state index in [1.165, 1.54) is 77.0 Å². The zero-order valence-electron chi connectivity index (χ0n) is 37.8. The highest BCUT2D eigenvalue weighted by atomic mass is 16.6. The van der Waals surface area contributed by atoms with Gasteiger partial charge in [0.05, 0.1) is 13.0 Å². The lowest BCUT2D eigenvalue weighted by Crippen LogP contribution is -2.29. The molecule has 0 aromatic rings. The number of carbonyl (C=O) groups is 2. The van der Waals surface area contributed by atoms with E-state index in [-0.39, 0.29) is 31.6 Å². The lowest BCUT2D eigenvalue weighted by molar-refractivity contribution is -0.162. The molecule has 0 aliphatic heterocycles. The third-order valence-electron chi connectivity index (χ3n) is 9.65. The average Bonchev–Trinajstić information content (AvgIpc) is 3.22. The van der Waals surface area contributed by atoms with Crippen LogP contribution in [0.4, 0.5) is 0 Å². The van der Waals surface area contributed by atoms with Crippen LogP contribution in [0.2, 0.25) is 0 Å². The van der Waals surface area contributed by atoms with Crippen LogP contribution in [0.1, 0.15) is 201 Å². The average molecular weight is 805 g/mol. The second kappa shape index (κ2) is 48.2. The Labute approximate surface area is 358 Å². The van der Waals surface area contributed by atoms with Crippen molar-refractivity contribution in [2.75, 3.05) is 19.8 Å². The van der Waals surface area contributed by atoms with Crippen LogP contribution in [0.25, 0.3) is 0 Å². The molecule has 0 heterocycles. The van der Waals surface area contributed by atoms with Gasteiger partial charge >= 0.3 is 11.9 Å². The predicted octanol–water partition coefficient (Wildman–Crippen LogP) is 15.9. The smallest absolute Gasteiger partial charge is 0.310 e. The van der Waals surface area contributed by atoms with Crippen LogP contribution in [0.5, 0.6) is 0 Å². The van der Waals surface area contributed by atoms with E-state index in [2.05, 4.69) is 106 Å². The Kier molecular flexibility index (Phi) is 45.5. The van der Waals surface area contributed by atoms with Gasteiger partial charge in [-0.3, -0.25) is 9.59 Å². The first-order valence-electron chi connectivity index (χ1n) is 23.8. The van der Waals surface area contributed by atoms with Crippen LogP contribution < -0.4 is 0 Å². The van der Waals surface area contributed by atoms with Crippen molar-refractivity contribution in [2.24, 2.45) is 0 Å². The minimum absolute atomic E-state index is 0.0370. The Bertz CT molecular complexity index is 1140. The topological polar surface area (TPSA) is 61.8 Å². The summed E-state index contributed by atoms with van der Waals surface area (Å²) < 4.78 is 17.2. The van der Waals surface area contributed by atoms with Gasteiger partial charge in [0.1, 0.15) is 6.61 Å². The van der Waals surface area contributed by atoms with Gasteiger partial charge in [-0.05, 0) is 77.0 Å². The molecule has 0 fully saturated rings. The monoisotopic (exact) mass is 805 g/mol. The quantitative estimate of drug-likeness (QED) is 0.0349. The molecule has 0 saturated carbocycles. The van der Waals surface area contributed by atoms with Crippen molar-refractivity contribution < 1.29 is 23.8 Å². The first-order valence-corrected chi connectivity index (χ1v) is 23.8. The molecule has 0 bridgehead atoms. The highest BCUT2D eigenvalue weighted by Crippen LogP contribution is 2.13. The molecule has 0 aliphatic carbocycles. The third-order valence-corrected chi connectivity index (χ3v) is 9.65. The molecule has 1 atom stereocenters. The molecular weight excluding hydrogens is 717 g/mol. The molecule has 5 heteroatoms. The molecule has 0 aliphatic rings. The molecular formula is C53H88O5. The number of allylic oxidation sites excluding steroid dienone is 15. The molecule has 58 heavy (non-hydrogen) atoms. The normalized spacial score (nSPS) is 13.1. The first-order chi connectivity index (χ1) is 28.6. The van der Waals surface area contributed by atoms with Gasteiger partial charge in [0.2, 0.25) is 0 Å². The number of hydrogen-bond donors (Lipinski definition) is 0. The Hall–Kier alpha value is -3.18. The molecule has 0 aromatic heterocycles. The number of rotatable bonds is 42. The zero-order valence-corrected chi connectivity index (χ0v) is 37.8. The Morgan fingerprint density at radius 2 is 0.828 bits per heavy atom. The number of unbranched alkanes of at least 4 members (excludes halogenated alkanes) is 16. The summed E-state index contributed by atoms with van der Waals surface area (Å²) in [6.45, 7) is 7.47. The van der Waals surface area contributed by atoms with Gasteiger partial charge < -0.3 is 14.2 Å². The molecule has 0 rings (SSSR count). The van der Waals surface area contributed by atoms with Crippen molar-refractivity contribution >= 4 is 11.9 Å². The fourth-order valence-corrected chi connectivity index (χ4v) is 6.19. The second-order valence-corrected chi connectivity index (χ2v) is 15.3. The summed E-state index contributed by atoms with van der Waals surface area (Å²) in [6.07, 6.45) is 64.3. The zero-order chi connectivity index (χ0) is 42.1. The highest BCUT2D eigenvalue weighted by molar-refractivity contribution is 5.71. The number of carbonyl (C=O) groups excluding carboxylic acids is 2. The van der Waals surface area contributed by atoms with Crippen LogP contribution in [-0.4, -0.2) is 37.9 Å². The maximum absolute atomic E-state index is 12.7. The van der Waals surface area contributed by atoms with Crippen LogP contribution in [-0.2, 0) is 23.8 Å². The summed E-state index contributed by atoms with van der Waals surface area (Å²) in [4.78, 5) is 25.2. The van der Waals surface area contributed by atoms with E-state index in [0.717, 1.165) is 89.9 Å². The summed E-state index contributed by atoms with van der Waals surface area (Å²) in [6, 6.07) is 0. The van der Waals surface area contributed by atoms with Gasteiger partial charge in [0.25, 0.3) is 0 Å². The van der Waals surface area contributed by atoms with Crippen LogP contribution in [0.3, 0.4) is 0 Å². The molecule has 0 N–H and O–H groups in total. The van der Waals surface area contributed by atoms with Crippen molar-refractivity contribution in [2.45, 2.75) is 207 Å². The summed E-state index contributed by atoms with van der Waals surface area (Å²) in [7, 11) is 0. The second-order valence-electron chi connectivity index (χ2n) is 15.3. The van der Waals surface area contributed by atoms with E-state index in [1.54, 1.807) is 0 Å². The van der Waals surface area contributed by atoms with Crippen LogP contribution in [0, 0.1) is 0 Å². The highest BCUT2D eigenvalue weighted by Gasteiger charge is 2.17. The maximum Gasteiger partial charge on any atom is 0.310 e. The van der Waals surface area contributed by atoms with Gasteiger partial charge in [0, 0.05) is 13.0 Å². The predicted molar refractivity (Wildman–Crippen MR) is 251 cm³/mol. The number of esters is 2. The van der Waals surface area contributed by atoms with E-state index >= 15 is 0 Å². The molecule has 0 saturated heterocycles. The summed E-state index contributed by atoms with van der Waals surface area (Å²) in [5, 5.41) is 0. The molecule has 1 unspecified atom stereocenters. The molecule has 5 nitrogen and oxygen atoms in total. The Balaban J connectivity index is 4.38. The Morgan fingerprint density at radius 3 is 1.33 bits per heavy atom. The van der Waals surface area contributed by atoms with Crippen molar-refractivity contribution in [3.8, 4) is 0 Å². The summed E-state index contributed by atoms with van der Waals surface area (Å²) >= 11 is 0. The van der Waals surface area contributed by atoms with Crippen LogP contribution in [0.15, 0.2) is 97.2 Å². The van der Waals surface area contributed by atoms with Crippen molar-refractivity contribution in [1.82, 2.24) is 0 Å². The number of ether oxygens (including phenoxy) is 3. The summed E-state index contributed by atoms with van der Waals surface area (Å²) in [5.41, 5.74) is 0. The van der Waals surface area contributed by atoms with E-state index in [1.807, 2.05) is 12.2 Å². The first kappa shape index (κ1) is 54.8. The fourth-order valence-electron chi connectivity index (χ4n) is 6.19. The van der Waals surface area contributed by atoms with Crippen molar-refractivity contribution in [3.05, 3.63) is 97.2 Å². The van der Waals surface area contributed by atoms with E-state index < -0.39 is 6.10 Å². The van der Waals surface area contributed by atoms with Crippen LogP contribution >= 0.6 is 0 Å². The van der Waals surface area contributed by atoms with Gasteiger partial charge in [-0.15, -0.1) is 0 Å². The minimum atomic E-state index is -0.596. The van der Waals surface area contributed by atoms with Gasteiger partial charge in [-0.25, -0.2) is 0 Å². The standard InChI is InChI=1S/C53H88O5/c1-4-7-10-13-16-19-22-24-26-27-29-30-32-34-37-40-43-46-52(54)57-50-51(49-56-48-45-42-39-36-21-18-15-12-9-6-3)58-53(55)47-44-41-38-35-33-31-28-25-23-20-17-14-11-8-5-2/h7-8,10-11,16-17,19-20,24-26,28,33,35,41,44,51H,4-6,9,12-15,18,21-23,27,29-32,34,36-40,42-43,45-50H2,1-3H3/b10-7-,11-8-,19-16-,20-17-,26-24-,28-25-,35-33-,44-41-. The SMILES string of the molecule is CC/C=C\C/C=C\C/C=C\C/C=C\C/C=C\CC(=O)OC(COCCCCCCCCCCCC)COC(=O)CCCCCCCCC/C=C\C/C=C\C/C=C\CC. The molecule has 0 radical (unpaired) electrons. The largest absolute Gasteiger partial charge is 0.462 e. The van der Waals surface area contributed by atoms with Gasteiger partial charge in [-0.2, -0.15) is 0 Å². The molecule has 0 spiro atoms.